The summed E-state index contributed by atoms with van der Waals surface area (Å²) in [6.07, 6.45) is 10.6. The highest BCUT2D eigenvalue weighted by atomic mass is 16.5. The molecule has 58 valence electrons. The molecule has 0 radical (unpaired) electrons. The maximum atomic E-state index is 5.11. The molecule has 0 aliphatic carbocycles. The van der Waals surface area contributed by atoms with Crippen molar-refractivity contribution in [2.24, 2.45) is 0 Å². The predicted octanol–water partition coefficient (Wildman–Crippen LogP) is 2.94. The molecule has 0 N–H and O–H groups in total. The van der Waals surface area contributed by atoms with Crippen molar-refractivity contribution in [3.8, 4) is 0 Å². The maximum Gasteiger partial charge on any atom is 0.122 e. The summed E-state index contributed by atoms with van der Waals surface area (Å²) in [6, 6.07) is 0. The fourth-order valence-electron chi connectivity index (χ4n) is 0.868. The van der Waals surface area contributed by atoms with E-state index in [4.69, 9.17) is 4.74 Å². The number of allylic oxidation sites excluding steroid dienone is 5. The highest BCUT2D eigenvalue weighted by molar-refractivity contribution is 5.31. The maximum absolute atomic E-state index is 5.11. The van der Waals surface area contributed by atoms with Gasteiger partial charge in [-0.05, 0) is 25.0 Å². The van der Waals surface area contributed by atoms with Gasteiger partial charge in [-0.3, -0.25) is 0 Å². The predicted molar refractivity (Wildman–Crippen MR) is 46.9 cm³/mol. The Balaban J connectivity index is 2.71. The van der Waals surface area contributed by atoms with Crippen molar-refractivity contribution in [1.82, 2.24) is 0 Å². The van der Waals surface area contributed by atoms with Gasteiger partial charge in [0.2, 0.25) is 0 Å². The summed E-state index contributed by atoms with van der Waals surface area (Å²) in [5, 5.41) is 0. The molecule has 1 nitrogen and oxygen atoms in total. The Morgan fingerprint density at radius 1 is 1.64 bits per heavy atom. The van der Waals surface area contributed by atoms with E-state index in [9.17, 15) is 0 Å². The van der Waals surface area contributed by atoms with E-state index in [1.165, 1.54) is 0 Å². The SMILES string of the molecule is C=C1OC=CC/C1=C/C=C\C. The van der Waals surface area contributed by atoms with Crippen LogP contribution in [0.15, 0.2) is 48.5 Å². The molecular weight excluding hydrogens is 136 g/mol. The molecule has 0 saturated heterocycles. The van der Waals surface area contributed by atoms with Crippen LogP contribution < -0.4 is 0 Å². The van der Waals surface area contributed by atoms with Crippen LogP contribution in [0.2, 0.25) is 0 Å². The monoisotopic (exact) mass is 148 g/mol. The second-order valence-corrected chi connectivity index (χ2v) is 2.33. The first-order valence-corrected chi connectivity index (χ1v) is 3.67. The van der Waals surface area contributed by atoms with Gasteiger partial charge in [-0.15, -0.1) is 0 Å². The van der Waals surface area contributed by atoms with Crippen LogP contribution in [0.1, 0.15) is 13.3 Å². The lowest BCUT2D eigenvalue weighted by atomic mass is 10.1. The van der Waals surface area contributed by atoms with Gasteiger partial charge in [-0.1, -0.05) is 24.8 Å². The van der Waals surface area contributed by atoms with Gasteiger partial charge >= 0.3 is 0 Å². The summed E-state index contributed by atoms with van der Waals surface area (Å²) in [5.41, 5.74) is 1.14. The zero-order valence-corrected chi connectivity index (χ0v) is 6.71. The quantitative estimate of drug-likeness (QED) is 0.555. The average Bonchev–Trinajstić information content (AvgIpc) is 2.03. The molecule has 0 fully saturated rings. The van der Waals surface area contributed by atoms with Gasteiger partial charge < -0.3 is 4.74 Å². The summed E-state index contributed by atoms with van der Waals surface area (Å²) < 4.78 is 5.11. The topological polar surface area (TPSA) is 9.23 Å². The minimum Gasteiger partial charge on any atom is -0.466 e. The highest BCUT2D eigenvalue weighted by Crippen LogP contribution is 2.19. The molecular formula is C10H12O. The van der Waals surface area contributed by atoms with E-state index in [1.807, 2.05) is 31.2 Å². The first-order valence-electron chi connectivity index (χ1n) is 3.67. The first-order chi connectivity index (χ1) is 5.34. The molecule has 0 amide bonds. The molecule has 11 heavy (non-hydrogen) atoms. The molecule has 0 aromatic heterocycles. The van der Waals surface area contributed by atoms with Gasteiger partial charge in [0.05, 0.1) is 6.26 Å². The third kappa shape index (κ3) is 2.11. The Morgan fingerprint density at radius 2 is 2.45 bits per heavy atom. The second-order valence-electron chi connectivity index (χ2n) is 2.33. The van der Waals surface area contributed by atoms with Gasteiger partial charge in [-0.2, -0.15) is 0 Å². The van der Waals surface area contributed by atoms with Crippen molar-refractivity contribution < 1.29 is 4.74 Å². The smallest absolute Gasteiger partial charge is 0.122 e. The molecule has 0 saturated carbocycles. The van der Waals surface area contributed by atoms with E-state index in [0.29, 0.717) is 0 Å². The molecule has 0 atom stereocenters. The van der Waals surface area contributed by atoms with Gasteiger partial charge in [0.1, 0.15) is 5.76 Å². The fourth-order valence-corrected chi connectivity index (χ4v) is 0.868. The van der Waals surface area contributed by atoms with Crippen LogP contribution in [-0.4, -0.2) is 0 Å². The van der Waals surface area contributed by atoms with Crippen LogP contribution >= 0.6 is 0 Å². The zero-order valence-electron chi connectivity index (χ0n) is 6.71. The zero-order chi connectivity index (χ0) is 8.10. The molecule has 1 aliphatic rings. The molecule has 0 aromatic carbocycles. The number of hydrogen-bond acceptors (Lipinski definition) is 1. The lowest BCUT2D eigenvalue weighted by Crippen LogP contribution is -1.93. The van der Waals surface area contributed by atoms with E-state index in [2.05, 4.69) is 6.58 Å². The Hall–Kier alpha value is -1.24. The largest absolute Gasteiger partial charge is 0.466 e. The van der Waals surface area contributed by atoms with Crippen molar-refractivity contribution in [3.63, 3.8) is 0 Å². The molecule has 0 aromatic rings. The van der Waals surface area contributed by atoms with Gasteiger partial charge in [0, 0.05) is 0 Å². The summed E-state index contributed by atoms with van der Waals surface area (Å²) in [4.78, 5) is 0. The summed E-state index contributed by atoms with van der Waals surface area (Å²) in [5.74, 6) is 0.755. The van der Waals surface area contributed by atoms with Crippen molar-refractivity contribution >= 4 is 0 Å². The Morgan fingerprint density at radius 3 is 3.09 bits per heavy atom. The van der Waals surface area contributed by atoms with E-state index < -0.39 is 0 Å². The third-order valence-corrected chi connectivity index (χ3v) is 1.49. The first kappa shape index (κ1) is 7.86. The molecule has 0 bridgehead atoms. The van der Waals surface area contributed by atoms with Gasteiger partial charge in [0.15, 0.2) is 0 Å². The van der Waals surface area contributed by atoms with Gasteiger partial charge in [-0.25, -0.2) is 0 Å². The van der Waals surface area contributed by atoms with Crippen LogP contribution in [0.3, 0.4) is 0 Å². The van der Waals surface area contributed by atoms with Crippen molar-refractivity contribution in [3.05, 3.63) is 48.5 Å². The lowest BCUT2D eigenvalue weighted by molar-refractivity contribution is 0.351. The molecule has 0 spiro atoms. The van der Waals surface area contributed by atoms with Crippen LogP contribution in [0.25, 0.3) is 0 Å². The normalized spacial score (nSPS) is 21.2. The summed E-state index contributed by atoms with van der Waals surface area (Å²) in [7, 11) is 0. The van der Waals surface area contributed by atoms with Crippen LogP contribution in [0.5, 0.6) is 0 Å². The Kier molecular flexibility index (Phi) is 2.73. The van der Waals surface area contributed by atoms with Crippen LogP contribution in [0, 0.1) is 0 Å². The molecule has 1 aliphatic heterocycles. The second kappa shape index (κ2) is 3.81. The van der Waals surface area contributed by atoms with Crippen molar-refractivity contribution in [2.75, 3.05) is 0 Å². The van der Waals surface area contributed by atoms with Crippen molar-refractivity contribution in [2.45, 2.75) is 13.3 Å². The summed E-state index contributed by atoms with van der Waals surface area (Å²) in [6.45, 7) is 5.76. The van der Waals surface area contributed by atoms with E-state index >= 15 is 0 Å². The van der Waals surface area contributed by atoms with E-state index in [0.717, 1.165) is 17.8 Å². The highest BCUT2D eigenvalue weighted by Gasteiger charge is 2.03. The van der Waals surface area contributed by atoms with E-state index in [-0.39, 0.29) is 0 Å². The Labute approximate surface area is 67.4 Å². The van der Waals surface area contributed by atoms with Gasteiger partial charge in [0.25, 0.3) is 0 Å². The van der Waals surface area contributed by atoms with E-state index in [1.54, 1.807) is 6.26 Å². The molecule has 0 unspecified atom stereocenters. The minimum absolute atomic E-state index is 0.755. The third-order valence-electron chi connectivity index (χ3n) is 1.49. The van der Waals surface area contributed by atoms with Crippen LogP contribution in [0.4, 0.5) is 0 Å². The standard InChI is InChI=1S/C10H12O/c1-3-4-6-10-7-5-8-11-9(10)2/h3-6,8H,2,7H2,1H3/b4-3-,10-6-. The Bertz CT molecular complexity index is 231. The number of hydrogen-bond donors (Lipinski definition) is 0. The fraction of sp³-hybridized carbons (Fsp3) is 0.200. The lowest BCUT2D eigenvalue weighted by Gasteiger charge is -2.11. The molecule has 1 heterocycles. The summed E-state index contributed by atoms with van der Waals surface area (Å²) >= 11 is 0. The average molecular weight is 148 g/mol. The number of ether oxygens (including phenoxy) is 1. The van der Waals surface area contributed by atoms with Crippen LogP contribution in [-0.2, 0) is 4.74 Å². The molecule has 1 rings (SSSR count). The minimum atomic E-state index is 0.755. The molecule has 1 heteroatoms. The number of rotatable bonds is 1. The van der Waals surface area contributed by atoms with Crippen molar-refractivity contribution in [1.29, 1.82) is 0 Å².